The highest BCUT2D eigenvalue weighted by Gasteiger charge is 2.45. The number of para-hydroxylation sites is 1. The van der Waals surface area contributed by atoms with Crippen LogP contribution in [0.5, 0.6) is 0 Å². The third-order valence-corrected chi connectivity index (χ3v) is 11.7. The first-order valence-electron chi connectivity index (χ1n) is 17.6. The first kappa shape index (κ1) is 34.6. The quantitative estimate of drug-likeness (QED) is 0.183. The summed E-state index contributed by atoms with van der Waals surface area (Å²) in [6.07, 6.45) is 2.51. The molecule has 8 rings (SSSR count). The standard InChI is InChI=1S/C41H37F2N5O4S/c1-24-19-31(37(44-25(24)2)47-22-41(23-47)14-17-52-18-15-41)38(49)45-29-10-7-26(8-11-29)40(51)48-16-13-27-20-35(53-36(27)30-5-3-4-6-34(30)48)39(50)46-33-12-9-28(42)21-32(33)43/h3-12,19-21H,13-18,22-23H2,1-2H3,(H,45,49)(H,46,50). The van der Waals surface area contributed by atoms with Crippen LogP contribution >= 0.6 is 11.3 Å². The molecule has 270 valence electrons. The average Bonchev–Trinajstić information content (AvgIpc) is 3.51. The fourth-order valence-electron chi connectivity index (χ4n) is 7.38. The van der Waals surface area contributed by atoms with E-state index in [4.69, 9.17) is 9.72 Å². The molecule has 0 unspecified atom stereocenters. The highest BCUT2D eigenvalue weighted by atomic mass is 32.1. The molecule has 3 aliphatic rings. The van der Waals surface area contributed by atoms with Gasteiger partial charge in [-0.25, -0.2) is 13.8 Å². The number of hydrogen-bond acceptors (Lipinski definition) is 7. The summed E-state index contributed by atoms with van der Waals surface area (Å²) in [6.45, 7) is 7.51. The summed E-state index contributed by atoms with van der Waals surface area (Å²) in [4.78, 5) is 50.8. The maximum absolute atomic E-state index is 14.2. The number of ether oxygens (including phenoxy) is 1. The first-order valence-corrected chi connectivity index (χ1v) is 18.4. The summed E-state index contributed by atoms with van der Waals surface area (Å²) >= 11 is 1.26. The molecule has 3 amide bonds. The maximum Gasteiger partial charge on any atom is 0.265 e. The number of fused-ring (bicyclic) bond motifs is 3. The fraction of sp³-hybridized carbons (Fsp3) is 0.268. The number of amides is 3. The molecule has 2 saturated heterocycles. The van der Waals surface area contributed by atoms with Gasteiger partial charge in [-0.1, -0.05) is 18.2 Å². The van der Waals surface area contributed by atoms with Gasteiger partial charge in [0, 0.05) is 71.7 Å². The number of carbonyl (C=O) groups excluding carboxylic acids is 3. The smallest absolute Gasteiger partial charge is 0.265 e. The number of halogens is 2. The van der Waals surface area contributed by atoms with Gasteiger partial charge in [-0.2, -0.15) is 0 Å². The number of carbonyl (C=O) groups is 3. The van der Waals surface area contributed by atoms with Crippen molar-refractivity contribution in [3.8, 4) is 10.4 Å². The summed E-state index contributed by atoms with van der Waals surface area (Å²) in [5, 5.41) is 5.55. The van der Waals surface area contributed by atoms with Gasteiger partial charge in [0.25, 0.3) is 17.7 Å². The molecule has 5 heterocycles. The van der Waals surface area contributed by atoms with Gasteiger partial charge in [0.2, 0.25) is 0 Å². The molecule has 3 aromatic carbocycles. The molecule has 0 aliphatic carbocycles. The van der Waals surface area contributed by atoms with Crippen molar-refractivity contribution in [2.45, 2.75) is 33.1 Å². The highest BCUT2D eigenvalue weighted by Crippen LogP contribution is 2.44. The molecule has 9 nitrogen and oxygen atoms in total. The van der Waals surface area contributed by atoms with E-state index in [1.54, 1.807) is 35.2 Å². The lowest BCUT2D eigenvalue weighted by molar-refractivity contribution is -0.000520. The largest absolute Gasteiger partial charge is 0.381 e. The van der Waals surface area contributed by atoms with E-state index >= 15 is 0 Å². The van der Waals surface area contributed by atoms with Crippen LogP contribution in [-0.4, -0.2) is 55.6 Å². The SMILES string of the molecule is Cc1cc(C(=O)Nc2ccc(C(=O)N3CCc4cc(C(=O)Nc5ccc(F)cc5F)sc4-c4ccccc43)cc2)c(N2CC3(CCOCC3)C2)nc1C. The molecule has 0 bridgehead atoms. The number of aryl methyl sites for hydroxylation is 2. The lowest BCUT2D eigenvalue weighted by Gasteiger charge is -2.53. The zero-order valence-corrected chi connectivity index (χ0v) is 30.1. The molecule has 2 fully saturated rings. The molecule has 3 aliphatic heterocycles. The molecule has 1 spiro atoms. The van der Waals surface area contributed by atoms with E-state index in [1.165, 1.54) is 17.4 Å². The van der Waals surface area contributed by atoms with Gasteiger partial charge < -0.3 is 25.2 Å². The Morgan fingerprint density at radius 1 is 0.887 bits per heavy atom. The number of hydrogen-bond donors (Lipinski definition) is 2. The second kappa shape index (κ2) is 13.8. The minimum Gasteiger partial charge on any atom is -0.381 e. The average molecular weight is 734 g/mol. The Morgan fingerprint density at radius 2 is 1.64 bits per heavy atom. The van der Waals surface area contributed by atoms with E-state index in [-0.39, 0.29) is 22.9 Å². The van der Waals surface area contributed by atoms with Crippen LogP contribution in [0.3, 0.4) is 0 Å². The summed E-state index contributed by atoms with van der Waals surface area (Å²) in [7, 11) is 0. The van der Waals surface area contributed by atoms with Gasteiger partial charge in [-0.15, -0.1) is 11.3 Å². The Kier molecular flexibility index (Phi) is 9.03. The van der Waals surface area contributed by atoms with E-state index in [0.29, 0.717) is 46.2 Å². The molecule has 53 heavy (non-hydrogen) atoms. The van der Waals surface area contributed by atoms with Gasteiger partial charge in [-0.05, 0) is 98.8 Å². The predicted octanol–water partition coefficient (Wildman–Crippen LogP) is 8.03. The summed E-state index contributed by atoms with van der Waals surface area (Å²) in [5.41, 5.74) is 5.88. The van der Waals surface area contributed by atoms with Crippen molar-refractivity contribution in [1.29, 1.82) is 0 Å². The summed E-state index contributed by atoms with van der Waals surface area (Å²) in [5.74, 6) is -1.85. The van der Waals surface area contributed by atoms with Crippen LogP contribution in [0.25, 0.3) is 10.4 Å². The Balaban J connectivity index is 0.979. The van der Waals surface area contributed by atoms with E-state index in [9.17, 15) is 23.2 Å². The number of nitrogens with zero attached hydrogens (tertiary/aromatic N) is 3. The summed E-state index contributed by atoms with van der Waals surface area (Å²) < 4.78 is 33.2. The zero-order chi connectivity index (χ0) is 36.9. The maximum atomic E-state index is 14.2. The normalized spacial score (nSPS) is 15.9. The van der Waals surface area contributed by atoms with Gasteiger partial charge in [-0.3, -0.25) is 14.4 Å². The molecular weight excluding hydrogens is 697 g/mol. The Labute approximate surface area is 309 Å². The van der Waals surface area contributed by atoms with Crippen molar-refractivity contribution in [3.63, 3.8) is 0 Å². The Hall–Kier alpha value is -5.46. The lowest BCUT2D eigenvalue weighted by atomic mass is 9.73. The van der Waals surface area contributed by atoms with Crippen molar-refractivity contribution in [2.24, 2.45) is 5.41 Å². The third-order valence-electron chi connectivity index (χ3n) is 10.5. The fourth-order valence-corrected chi connectivity index (χ4v) is 8.52. The van der Waals surface area contributed by atoms with Crippen LogP contribution in [0.15, 0.2) is 78.9 Å². The van der Waals surface area contributed by atoms with Gasteiger partial charge in [0.05, 0.1) is 21.8 Å². The Bertz CT molecular complexity index is 2260. The highest BCUT2D eigenvalue weighted by molar-refractivity contribution is 7.17. The molecule has 0 saturated carbocycles. The van der Waals surface area contributed by atoms with Crippen LogP contribution < -0.4 is 20.4 Å². The molecule has 12 heteroatoms. The van der Waals surface area contributed by atoms with E-state index in [2.05, 4.69) is 15.5 Å². The number of anilines is 4. The minimum absolute atomic E-state index is 0.106. The topological polar surface area (TPSA) is 104 Å². The van der Waals surface area contributed by atoms with E-state index < -0.39 is 17.5 Å². The molecule has 0 radical (unpaired) electrons. The van der Waals surface area contributed by atoms with Crippen LogP contribution in [-0.2, 0) is 11.2 Å². The first-order chi connectivity index (χ1) is 25.6. The minimum atomic E-state index is -0.856. The van der Waals surface area contributed by atoms with Crippen LogP contribution in [0.1, 0.15) is 60.1 Å². The van der Waals surface area contributed by atoms with Crippen molar-refractivity contribution < 1.29 is 27.9 Å². The number of thiophene rings is 1. The zero-order valence-electron chi connectivity index (χ0n) is 29.3. The predicted molar refractivity (Wildman–Crippen MR) is 202 cm³/mol. The number of nitrogens with one attached hydrogen (secondary N) is 2. The second-order valence-electron chi connectivity index (χ2n) is 14.0. The monoisotopic (exact) mass is 733 g/mol. The lowest BCUT2D eigenvalue weighted by Crippen LogP contribution is -2.59. The van der Waals surface area contributed by atoms with Crippen LogP contribution in [0, 0.1) is 30.9 Å². The summed E-state index contributed by atoms with van der Waals surface area (Å²) in [6, 6.07) is 21.1. The number of benzene rings is 3. The van der Waals surface area contributed by atoms with Gasteiger partial charge in [0.1, 0.15) is 17.5 Å². The number of rotatable bonds is 6. The molecule has 0 atom stereocenters. The van der Waals surface area contributed by atoms with Crippen LogP contribution in [0.4, 0.5) is 31.7 Å². The molecule has 2 N–H and O–H groups in total. The van der Waals surface area contributed by atoms with Crippen LogP contribution in [0.2, 0.25) is 0 Å². The molecule has 2 aromatic heterocycles. The molecular formula is C41H37F2N5O4S. The van der Waals surface area contributed by atoms with E-state index in [1.807, 2.05) is 44.2 Å². The van der Waals surface area contributed by atoms with Crippen molar-refractivity contribution in [1.82, 2.24) is 4.98 Å². The van der Waals surface area contributed by atoms with Gasteiger partial charge in [0.15, 0.2) is 0 Å². The van der Waals surface area contributed by atoms with E-state index in [0.717, 1.165) is 78.5 Å². The van der Waals surface area contributed by atoms with Gasteiger partial charge >= 0.3 is 0 Å². The number of pyridine rings is 1. The second-order valence-corrected chi connectivity index (χ2v) is 15.1. The van der Waals surface area contributed by atoms with Crippen molar-refractivity contribution in [3.05, 3.63) is 123 Å². The van der Waals surface area contributed by atoms with Crippen molar-refractivity contribution >= 4 is 51.9 Å². The molecule has 5 aromatic rings. The number of aromatic nitrogens is 1. The Morgan fingerprint density at radius 3 is 2.40 bits per heavy atom. The van der Waals surface area contributed by atoms with Crippen molar-refractivity contribution in [2.75, 3.05) is 53.3 Å². The third kappa shape index (κ3) is 6.68.